The van der Waals surface area contributed by atoms with E-state index in [1.165, 1.54) is 0 Å². The molecule has 0 aliphatic carbocycles. The van der Waals surface area contributed by atoms with Gasteiger partial charge in [0.1, 0.15) is 5.82 Å². The van der Waals surface area contributed by atoms with E-state index in [-0.39, 0.29) is 0 Å². The van der Waals surface area contributed by atoms with E-state index in [9.17, 15) is 0 Å². The zero-order valence-corrected chi connectivity index (χ0v) is 10.3. The van der Waals surface area contributed by atoms with Gasteiger partial charge in [-0.3, -0.25) is 4.98 Å². The Bertz CT molecular complexity index is 369. The predicted molar refractivity (Wildman–Crippen MR) is 68.5 cm³/mol. The average molecular weight is 236 g/mol. The van der Waals surface area contributed by atoms with Crippen molar-refractivity contribution in [3.8, 4) is 0 Å². The molecule has 2 atom stereocenters. The lowest BCUT2D eigenvalue weighted by atomic mass is 9.94. The summed E-state index contributed by atoms with van der Waals surface area (Å²) in [6, 6.07) is 0.452. The minimum absolute atomic E-state index is 0.452. The second-order valence-electron chi connectivity index (χ2n) is 4.71. The fourth-order valence-electron chi connectivity index (χ4n) is 2.26. The van der Waals surface area contributed by atoms with Crippen LogP contribution in [-0.2, 0) is 0 Å². The number of nitrogens with one attached hydrogen (secondary N) is 2. The van der Waals surface area contributed by atoms with Crippen LogP contribution >= 0.6 is 0 Å². The van der Waals surface area contributed by atoms with Gasteiger partial charge in [0, 0.05) is 12.6 Å². The SMILES string of the molecule is CC1CN(C)CCC1Nc1cncc(NN)n1. The molecule has 0 spiro atoms. The Labute approximate surface area is 102 Å². The van der Waals surface area contributed by atoms with Gasteiger partial charge in [-0.1, -0.05) is 6.92 Å². The summed E-state index contributed by atoms with van der Waals surface area (Å²) in [6.45, 7) is 4.48. The Morgan fingerprint density at radius 3 is 2.88 bits per heavy atom. The molecule has 1 aromatic heterocycles. The first-order valence-electron chi connectivity index (χ1n) is 5.93. The van der Waals surface area contributed by atoms with Crippen molar-refractivity contribution in [1.29, 1.82) is 0 Å². The predicted octanol–water partition coefficient (Wildman–Crippen LogP) is 0.514. The van der Waals surface area contributed by atoms with Crippen LogP contribution in [0.1, 0.15) is 13.3 Å². The van der Waals surface area contributed by atoms with Crippen molar-refractivity contribution in [2.75, 3.05) is 30.9 Å². The number of hydrazine groups is 1. The van der Waals surface area contributed by atoms with Gasteiger partial charge in [-0.2, -0.15) is 0 Å². The summed E-state index contributed by atoms with van der Waals surface area (Å²) in [5.74, 6) is 7.27. The van der Waals surface area contributed by atoms with E-state index < -0.39 is 0 Å². The van der Waals surface area contributed by atoms with Crippen molar-refractivity contribution < 1.29 is 0 Å². The Morgan fingerprint density at radius 1 is 1.41 bits per heavy atom. The topological polar surface area (TPSA) is 79.1 Å². The summed E-state index contributed by atoms with van der Waals surface area (Å²) >= 11 is 0. The van der Waals surface area contributed by atoms with Crippen LogP contribution < -0.4 is 16.6 Å². The van der Waals surface area contributed by atoms with Gasteiger partial charge in [0.05, 0.1) is 12.4 Å². The van der Waals surface area contributed by atoms with Gasteiger partial charge in [-0.15, -0.1) is 0 Å². The number of anilines is 2. The van der Waals surface area contributed by atoms with Crippen LogP contribution in [-0.4, -0.2) is 41.0 Å². The highest BCUT2D eigenvalue weighted by Crippen LogP contribution is 2.19. The second kappa shape index (κ2) is 5.29. The number of hydrogen-bond acceptors (Lipinski definition) is 6. The molecular weight excluding hydrogens is 216 g/mol. The minimum atomic E-state index is 0.452. The molecule has 0 radical (unpaired) electrons. The average Bonchev–Trinajstić information content (AvgIpc) is 2.33. The highest BCUT2D eigenvalue weighted by Gasteiger charge is 2.24. The molecular formula is C11H20N6. The summed E-state index contributed by atoms with van der Waals surface area (Å²) in [5.41, 5.74) is 2.50. The highest BCUT2D eigenvalue weighted by atomic mass is 15.3. The Morgan fingerprint density at radius 2 is 2.18 bits per heavy atom. The molecule has 1 aromatic rings. The molecule has 1 aliphatic rings. The fraction of sp³-hybridized carbons (Fsp3) is 0.636. The summed E-state index contributed by atoms with van der Waals surface area (Å²) in [6.07, 6.45) is 4.45. The molecule has 0 amide bonds. The lowest BCUT2D eigenvalue weighted by Gasteiger charge is -2.35. The van der Waals surface area contributed by atoms with Gasteiger partial charge in [0.15, 0.2) is 5.82 Å². The zero-order valence-electron chi connectivity index (χ0n) is 10.3. The number of piperidine rings is 1. The molecule has 0 saturated carbocycles. The maximum atomic E-state index is 5.31. The zero-order chi connectivity index (χ0) is 12.3. The molecule has 1 saturated heterocycles. The van der Waals surface area contributed by atoms with Crippen LogP contribution in [0.25, 0.3) is 0 Å². The Balaban J connectivity index is 2.00. The Hall–Kier alpha value is -1.40. The van der Waals surface area contributed by atoms with E-state index in [2.05, 4.69) is 39.6 Å². The number of nitrogen functional groups attached to an aromatic ring is 1. The first-order chi connectivity index (χ1) is 8.19. The van der Waals surface area contributed by atoms with Crippen molar-refractivity contribution in [2.24, 2.45) is 11.8 Å². The molecule has 2 unspecified atom stereocenters. The number of rotatable bonds is 3. The second-order valence-corrected chi connectivity index (χ2v) is 4.71. The van der Waals surface area contributed by atoms with Gasteiger partial charge in [-0.05, 0) is 25.9 Å². The van der Waals surface area contributed by atoms with Gasteiger partial charge in [0.2, 0.25) is 0 Å². The van der Waals surface area contributed by atoms with Gasteiger partial charge < -0.3 is 15.6 Å². The fourth-order valence-corrected chi connectivity index (χ4v) is 2.26. The number of nitrogens with zero attached hydrogens (tertiary/aromatic N) is 3. The van der Waals surface area contributed by atoms with Crippen LogP contribution in [0.3, 0.4) is 0 Å². The maximum absolute atomic E-state index is 5.31. The van der Waals surface area contributed by atoms with Crippen LogP contribution in [0, 0.1) is 5.92 Å². The summed E-state index contributed by atoms with van der Waals surface area (Å²) < 4.78 is 0. The molecule has 2 heterocycles. The van der Waals surface area contributed by atoms with Gasteiger partial charge in [0.25, 0.3) is 0 Å². The van der Waals surface area contributed by atoms with E-state index >= 15 is 0 Å². The third-order valence-corrected chi connectivity index (χ3v) is 3.22. The first-order valence-corrected chi connectivity index (χ1v) is 5.93. The van der Waals surface area contributed by atoms with Crippen molar-refractivity contribution in [3.63, 3.8) is 0 Å². The molecule has 0 bridgehead atoms. The monoisotopic (exact) mass is 236 g/mol. The molecule has 6 heteroatoms. The molecule has 94 valence electrons. The molecule has 17 heavy (non-hydrogen) atoms. The van der Waals surface area contributed by atoms with Crippen LogP contribution in [0.2, 0.25) is 0 Å². The van der Waals surface area contributed by atoms with Crippen LogP contribution in [0.4, 0.5) is 11.6 Å². The number of hydrogen-bond donors (Lipinski definition) is 3. The van der Waals surface area contributed by atoms with Crippen molar-refractivity contribution in [2.45, 2.75) is 19.4 Å². The van der Waals surface area contributed by atoms with Crippen molar-refractivity contribution >= 4 is 11.6 Å². The number of aromatic nitrogens is 2. The van der Waals surface area contributed by atoms with Crippen molar-refractivity contribution in [3.05, 3.63) is 12.4 Å². The lowest BCUT2D eigenvalue weighted by molar-refractivity contribution is 0.206. The van der Waals surface area contributed by atoms with E-state index in [1.54, 1.807) is 12.4 Å². The quantitative estimate of drug-likeness (QED) is 0.524. The minimum Gasteiger partial charge on any atom is -0.366 e. The molecule has 2 rings (SSSR count). The summed E-state index contributed by atoms with van der Waals surface area (Å²) in [4.78, 5) is 10.8. The largest absolute Gasteiger partial charge is 0.366 e. The van der Waals surface area contributed by atoms with Gasteiger partial charge in [-0.25, -0.2) is 10.8 Å². The van der Waals surface area contributed by atoms with E-state index in [0.29, 0.717) is 17.8 Å². The maximum Gasteiger partial charge on any atom is 0.160 e. The Kier molecular flexibility index (Phi) is 3.75. The standard InChI is InChI=1S/C11H20N6/c1-8-7-17(2)4-3-9(8)14-10-5-13-6-11(15-10)16-12/h5-6,8-9H,3-4,7,12H2,1-2H3,(H2,14,15,16). The van der Waals surface area contributed by atoms with Crippen LogP contribution in [0.15, 0.2) is 12.4 Å². The van der Waals surface area contributed by atoms with E-state index in [4.69, 9.17) is 5.84 Å². The molecule has 4 N–H and O–H groups in total. The smallest absolute Gasteiger partial charge is 0.160 e. The van der Waals surface area contributed by atoms with Gasteiger partial charge >= 0.3 is 0 Å². The summed E-state index contributed by atoms with van der Waals surface area (Å²) in [5, 5.41) is 3.43. The highest BCUT2D eigenvalue weighted by molar-refractivity contribution is 5.41. The van der Waals surface area contributed by atoms with E-state index in [0.717, 1.165) is 25.3 Å². The first kappa shape index (κ1) is 12.1. The third kappa shape index (κ3) is 3.04. The number of likely N-dealkylation sites (tertiary alicyclic amines) is 1. The van der Waals surface area contributed by atoms with E-state index in [1.807, 2.05) is 0 Å². The van der Waals surface area contributed by atoms with Crippen LogP contribution in [0.5, 0.6) is 0 Å². The molecule has 1 aliphatic heterocycles. The molecule has 6 nitrogen and oxygen atoms in total. The third-order valence-electron chi connectivity index (χ3n) is 3.22. The van der Waals surface area contributed by atoms with Crippen molar-refractivity contribution in [1.82, 2.24) is 14.9 Å². The normalized spacial score (nSPS) is 25.6. The molecule has 1 fully saturated rings. The lowest BCUT2D eigenvalue weighted by Crippen LogP contribution is -2.43. The number of nitrogens with two attached hydrogens (primary N) is 1. The molecule has 0 aromatic carbocycles. The summed E-state index contributed by atoms with van der Waals surface area (Å²) in [7, 11) is 2.16.